The van der Waals surface area contributed by atoms with Gasteiger partial charge in [0.25, 0.3) is 0 Å². The van der Waals surface area contributed by atoms with Crippen molar-refractivity contribution in [3.8, 4) is 0 Å². The Kier molecular flexibility index (Phi) is 3.16. The molecule has 0 saturated heterocycles. The van der Waals surface area contributed by atoms with E-state index >= 15 is 0 Å². The second kappa shape index (κ2) is 4.46. The second-order valence-corrected chi connectivity index (χ2v) is 3.49. The molecule has 5 nitrogen and oxygen atoms in total. The molecule has 0 aliphatic heterocycles. The molecule has 92 valence electrons. The van der Waals surface area contributed by atoms with Crippen LogP contribution in [0.5, 0.6) is 0 Å². The van der Waals surface area contributed by atoms with E-state index in [0.29, 0.717) is 0 Å². The zero-order chi connectivity index (χ0) is 12.5. The molecule has 2 heterocycles. The third-order valence-electron chi connectivity index (χ3n) is 1.85. The van der Waals surface area contributed by atoms with Crippen LogP contribution >= 0.6 is 11.6 Å². The zero-order valence-electron chi connectivity index (χ0n) is 8.28. The summed E-state index contributed by atoms with van der Waals surface area (Å²) >= 11 is 5.72. The van der Waals surface area contributed by atoms with Crippen molar-refractivity contribution in [2.45, 2.75) is 12.8 Å². The van der Waals surface area contributed by atoms with Gasteiger partial charge in [-0.05, 0) is 0 Å². The zero-order valence-corrected chi connectivity index (χ0v) is 9.03. The Morgan fingerprint density at radius 3 is 2.82 bits per heavy atom. The Bertz CT molecular complexity index is 527. The SMILES string of the molecule is FC(F)(F)COCc1nnc2c(Cl)nccn12. The van der Waals surface area contributed by atoms with Crippen molar-refractivity contribution in [2.75, 3.05) is 6.61 Å². The van der Waals surface area contributed by atoms with Crippen LogP contribution in [0.2, 0.25) is 5.15 Å². The number of fused-ring (bicyclic) bond motifs is 1. The lowest BCUT2D eigenvalue weighted by molar-refractivity contribution is -0.177. The number of aromatic nitrogens is 4. The summed E-state index contributed by atoms with van der Waals surface area (Å²) in [5, 5.41) is 7.49. The summed E-state index contributed by atoms with van der Waals surface area (Å²) in [6.45, 7) is -1.64. The summed E-state index contributed by atoms with van der Waals surface area (Å²) in [4.78, 5) is 3.76. The fourth-order valence-electron chi connectivity index (χ4n) is 1.20. The van der Waals surface area contributed by atoms with Gasteiger partial charge < -0.3 is 4.74 Å². The molecule has 0 amide bonds. The first kappa shape index (κ1) is 12.1. The Hall–Kier alpha value is -1.41. The highest BCUT2D eigenvalue weighted by molar-refractivity contribution is 6.32. The van der Waals surface area contributed by atoms with Crippen molar-refractivity contribution in [3.63, 3.8) is 0 Å². The average molecular weight is 267 g/mol. The lowest BCUT2D eigenvalue weighted by Crippen LogP contribution is -2.17. The summed E-state index contributed by atoms with van der Waals surface area (Å²) in [5.74, 6) is 0.230. The Balaban J connectivity index is 2.12. The van der Waals surface area contributed by atoms with Gasteiger partial charge in [-0.25, -0.2) is 4.98 Å². The van der Waals surface area contributed by atoms with Gasteiger partial charge in [0.2, 0.25) is 0 Å². The fraction of sp³-hybridized carbons (Fsp3) is 0.375. The van der Waals surface area contributed by atoms with Gasteiger partial charge in [0, 0.05) is 12.4 Å². The molecule has 0 atom stereocenters. The molecule has 0 aliphatic rings. The maximum Gasteiger partial charge on any atom is 0.411 e. The summed E-state index contributed by atoms with van der Waals surface area (Å²) in [6, 6.07) is 0. The van der Waals surface area contributed by atoms with Gasteiger partial charge in [-0.3, -0.25) is 4.40 Å². The van der Waals surface area contributed by atoms with Crippen LogP contribution in [0.3, 0.4) is 0 Å². The van der Waals surface area contributed by atoms with Gasteiger partial charge in [-0.2, -0.15) is 13.2 Å². The Labute approximate surface area is 98.2 Å². The molecule has 17 heavy (non-hydrogen) atoms. The van der Waals surface area contributed by atoms with Crippen LogP contribution in [-0.2, 0) is 11.3 Å². The smallest absolute Gasteiger partial charge is 0.364 e. The topological polar surface area (TPSA) is 52.3 Å². The van der Waals surface area contributed by atoms with Gasteiger partial charge in [0.15, 0.2) is 16.6 Å². The van der Waals surface area contributed by atoms with E-state index < -0.39 is 12.8 Å². The molecule has 0 saturated carbocycles. The van der Waals surface area contributed by atoms with E-state index in [1.54, 1.807) is 0 Å². The number of hydrogen-bond acceptors (Lipinski definition) is 4. The lowest BCUT2D eigenvalue weighted by Gasteiger charge is -2.06. The van der Waals surface area contributed by atoms with E-state index in [-0.39, 0.29) is 23.2 Å². The molecule has 2 rings (SSSR count). The summed E-state index contributed by atoms with van der Waals surface area (Å²) in [6.07, 6.45) is -1.47. The van der Waals surface area contributed by atoms with Crippen LogP contribution in [0.4, 0.5) is 13.2 Å². The van der Waals surface area contributed by atoms with Gasteiger partial charge >= 0.3 is 6.18 Å². The average Bonchev–Trinajstić information content (AvgIpc) is 2.61. The van der Waals surface area contributed by atoms with Crippen molar-refractivity contribution < 1.29 is 17.9 Å². The van der Waals surface area contributed by atoms with Crippen molar-refractivity contribution in [3.05, 3.63) is 23.4 Å². The minimum Gasteiger partial charge on any atom is -0.364 e. The molecule has 0 spiro atoms. The number of nitrogens with zero attached hydrogens (tertiary/aromatic N) is 4. The molecule has 0 fully saturated rings. The summed E-state index contributed by atoms with van der Waals surface area (Å²) in [5.41, 5.74) is 0.278. The van der Waals surface area contributed by atoms with Crippen LogP contribution in [-0.4, -0.2) is 32.4 Å². The quantitative estimate of drug-likeness (QED) is 0.851. The number of hydrogen-bond donors (Lipinski definition) is 0. The van der Waals surface area contributed by atoms with E-state index in [2.05, 4.69) is 19.9 Å². The first-order valence-electron chi connectivity index (χ1n) is 4.46. The van der Waals surface area contributed by atoms with Crippen LogP contribution < -0.4 is 0 Å². The van der Waals surface area contributed by atoms with Gasteiger partial charge in [0.05, 0.1) is 0 Å². The van der Waals surface area contributed by atoms with Crippen LogP contribution in [0, 0.1) is 0 Å². The maximum absolute atomic E-state index is 11.9. The highest BCUT2D eigenvalue weighted by Gasteiger charge is 2.27. The first-order chi connectivity index (χ1) is 7.97. The number of rotatable bonds is 3. The number of ether oxygens (including phenoxy) is 1. The van der Waals surface area contributed by atoms with E-state index in [4.69, 9.17) is 11.6 Å². The highest BCUT2D eigenvalue weighted by atomic mass is 35.5. The van der Waals surface area contributed by atoms with Crippen LogP contribution in [0.1, 0.15) is 5.82 Å². The molecular weight excluding hydrogens is 261 g/mol. The van der Waals surface area contributed by atoms with Crippen molar-refractivity contribution in [2.24, 2.45) is 0 Å². The van der Waals surface area contributed by atoms with E-state index in [1.165, 1.54) is 16.8 Å². The van der Waals surface area contributed by atoms with Gasteiger partial charge in [-0.15, -0.1) is 10.2 Å². The lowest BCUT2D eigenvalue weighted by atomic mass is 10.6. The monoisotopic (exact) mass is 266 g/mol. The Morgan fingerprint density at radius 2 is 2.12 bits per heavy atom. The van der Waals surface area contributed by atoms with E-state index in [0.717, 1.165) is 0 Å². The highest BCUT2D eigenvalue weighted by Crippen LogP contribution is 2.16. The summed E-state index contributed by atoms with van der Waals surface area (Å²) in [7, 11) is 0. The number of halogens is 4. The van der Waals surface area contributed by atoms with Crippen molar-refractivity contribution in [1.82, 2.24) is 19.6 Å². The van der Waals surface area contributed by atoms with Gasteiger partial charge in [-0.1, -0.05) is 11.6 Å². The predicted molar refractivity (Wildman–Crippen MR) is 51.5 cm³/mol. The molecule has 0 unspecified atom stereocenters. The Morgan fingerprint density at radius 1 is 1.35 bits per heavy atom. The van der Waals surface area contributed by atoms with Crippen LogP contribution in [0.15, 0.2) is 12.4 Å². The molecule has 0 bridgehead atoms. The third-order valence-corrected chi connectivity index (χ3v) is 2.12. The number of alkyl halides is 3. The maximum atomic E-state index is 11.9. The fourth-order valence-corrected chi connectivity index (χ4v) is 1.39. The first-order valence-corrected chi connectivity index (χ1v) is 4.84. The normalized spacial score (nSPS) is 12.2. The molecule has 0 radical (unpaired) electrons. The second-order valence-electron chi connectivity index (χ2n) is 3.14. The van der Waals surface area contributed by atoms with Gasteiger partial charge in [0.1, 0.15) is 13.2 Å². The van der Waals surface area contributed by atoms with E-state index in [9.17, 15) is 13.2 Å². The minimum absolute atomic E-state index is 0.127. The van der Waals surface area contributed by atoms with E-state index in [1.807, 2.05) is 0 Å². The van der Waals surface area contributed by atoms with Crippen molar-refractivity contribution >= 4 is 17.2 Å². The third kappa shape index (κ3) is 2.83. The molecular formula is C8H6ClF3N4O. The molecule has 9 heteroatoms. The molecule has 2 aromatic heterocycles. The molecule has 0 aliphatic carbocycles. The van der Waals surface area contributed by atoms with Crippen LogP contribution in [0.25, 0.3) is 5.65 Å². The molecule has 0 N–H and O–H groups in total. The molecule has 2 aromatic rings. The molecule has 0 aromatic carbocycles. The standard InChI is InChI=1S/C8H6ClF3N4O/c9-6-7-15-14-5(16(7)2-1-13-6)3-17-4-8(10,11)12/h1-2H,3-4H2. The predicted octanol–water partition coefficient (Wildman–Crippen LogP) is 1.86. The van der Waals surface area contributed by atoms with Crippen molar-refractivity contribution in [1.29, 1.82) is 0 Å². The largest absolute Gasteiger partial charge is 0.411 e. The minimum atomic E-state index is -4.36. The summed E-state index contributed by atoms with van der Waals surface area (Å²) < 4.78 is 41.5.